The molecule has 0 aliphatic rings. The average molecular weight is 235 g/mol. The van der Waals surface area contributed by atoms with Crippen LogP contribution in [0.25, 0.3) is 10.4 Å². The van der Waals surface area contributed by atoms with Crippen molar-refractivity contribution in [3.05, 3.63) is 46.6 Å². The molecular weight excluding hydrogens is 221 g/mol. The van der Waals surface area contributed by atoms with Crippen molar-refractivity contribution in [1.82, 2.24) is 5.32 Å². The van der Waals surface area contributed by atoms with Gasteiger partial charge in [-0.2, -0.15) is 0 Å². The Morgan fingerprint density at radius 1 is 1.31 bits per heavy atom. The van der Waals surface area contributed by atoms with Crippen molar-refractivity contribution in [1.29, 1.82) is 0 Å². The van der Waals surface area contributed by atoms with Crippen molar-refractivity contribution in [2.24, 2.45) is 0 Å². The van der Waals surface area contributed by atoms with Gasteiger partial charge in [-0.05, 0) is 48.7 Å². The zero-order valence-corrected chi connectivity index (χ0v) is 10.2. The largest absolute Gasteiger partial charge is 0.316 e. The topological polar surface area (TPSA) is 12.0 Å². The summed E-state index contributed by atoms with van der Waals surface area (Å²) in [6.07, 6.45) is 0. The van der Waals surface area contributed by atoms with E-state index in [1.165, 1.54) is 0 Å². The van der Waals surface area contributed by atoms with Crippen LogP contribution in [0.5, 0.6) is 0 Å². The first kappa shape index (κ1) is 11.3. The standard InChI is InChI=1S/C13H14FNS/c1-9-5-6-16-13(9)11-7-10(8-15-2)3-4-12(11)14/h3-7,15H,8H2,1-2H3. The van der Waals surface area contributed by atoms with E-state index in [1.54, 1.807) is 17.4 Å². The summed E-state index contributed by atoms with van der Waals surface area (Å²) in [6, 6.07) is 7.30. The third-order valence-corrected chi connectivity index (χ3v) is 3.57. The predicted molar refractivity (Wildman–Crippen MR) is 67.2 cm³/mol. The molecule has 0 spiro atoms. The summed E-state index contributed by atoms with van der Waals surface area (Å²) < 4.78 is 13.7. The first-order valence-corrected chi connectivity index (χ1v) is 6.08. The molecule has 2 aromatic rings. The molecule has 0 amide bonds. The third-order valence-electron chi connectivity index (χ3n) is 2.52. The number of nitrogens with one attached hydrogen (secondary N) is 1. The van der Waals surface area contributed by atoms with E-state index in [9.17, 15) is 4.39 Å². The fraction of sp³-hybridized carbons (Fsp3) is 0.231. The molecule has 16 heavy (non-hydrogen) atoms. The number of hydrogen-bond acceptors (Lipinski definition) is 2. The molecule has 0 saturated heterocycles. The van der Waals surface area contributed by atoms with Crippen LogP contribution >= 0.6 is 11.3 Å². The van der Waals surface area contributed by atoms with Crippen LogP contribution in [0.4, 0.5) is 4.39 Å². The van der Waals surface area contributed by atoms with Crippen molar-refractivity contribution in [2.45, 2.75) is 13.5 Å². The van der Waals surface area contributed by atoms with E-state index in [0.29, 0.717) is 5.56 Å². The van der Waals surface area contributed by atoms with Crippen molar-refractivity contribution in [3.63, 3.8) is 0 Å². The van der Waals surface area contributed by atoms with E-state index >= 15 is 0 Å². The first-order chi connectivity index (χ1) is 7.72. The molecule has 0 bridgehead atoms. The second-order valence-electron chi connectivity index (χ2n) is 3.78. The summed E-state index contributed by atoms with van der Waals surface area (Å²) in [7, 11) is 1.89. The molecule has 1 N–H and O–H groups in total. The summed E-state index contributed by atoms with van der Waals surface area (Å²) in [5.41, 5.74) is 2.94. The van der Waals surface area contributed by atoms with Crippen LogP contribution in [0.2, 0.25) is 0 Å². The van der Waals surface area contributed by atoms with Crippen LogP contribution in [0.1, 0.15) is 11.1 Å². The molecule has 0 aliphatic heterocycles. The van der Waals surface area contributed by atoms with Crippen molar-refractivity contribution in [3.8, 4) is 10.4 Å². The normalized spacial score (nSPS) is 10.7. The first-order valence-electron chi connectivity index (χ1n) is 5.20. The van der Waals surface area contributed by atoms with Crippen molar-refractivity contribution in [2.75, 3.05) is 7.05 Å². The maximum absolute atomic E-state index is 13.7. The maximum atomic E-state index is 13.7. The molecular formula is C13H14FNS. The molecule has 2 rings (SSSR count). The van der Waals surface area contributed by atoms with Crippen LogP contribution in [0, 0.1) is 12.7 Å². The Morgan fingerprint density at radius 2 is 2.12 bits per heavy atom. The zero-order valence-electron chi connectivity index (χ0n) is 9.38. The molecule has 1 aromatic carbocycles. The summed E-state index contributed by atoms with van der Waals surface area (Å²) in [6.45, 7) is 2.77. The Hall–Kier alpha value is -1.19. The van der Waals surface area contributed by atoms with Gasteiger partial charge in [-0.1, -0.05) is 6.07 Å². The van der Waals surface area contributed by atoms with Gasteiger partial charge in [0.2, 0.25) is 0 Å². The van der Waals surface area contributed by atoms with Crippen LogP contribution in [-0.4, -0.2) is 7.05 Å². The number of rotatable bonds is 3. The van der Waals surface area contributed by atoms with Gasteiger partial charge in [0.25, 0.3) is 0 Å². The Kier molecular flexibility index (Phi) is 3.36. The lowest BCUT2D eigenvalue weighted by molar-refractivity contribution is 0.630. The lowest BCUT2D eigenvalue weighted by Crippen LogP contribution is -2.05. The smallest absolute Gasteiger partial charge is 0.131 e. The summed E-state index contributed by atoms with van der Waals surface area (Å²) in [5.74, 6) is -0.148. The lowest BCUT2D eigenvalue weighted by Gasteiger charge is -2.06. The third kappa shape index (κ3) is 2.15. The molecule has 3 heteroatoms. The van der Waals surface area contributed by atoms with E-state index in [-0.39, 0.29) is 5.82 Å². The van der Waals surface area contributed by atoms with E-state index in [0.717, 1.165) is 22.5 Å². The van der Waals surface area contributed by atoms with Gasteiger partial charge in [0, 0.05) is 17.0 Å². The summed E-state index contributed by atoms with van der Waals surface area (Å²) >= 11 is 1.58. The monoisotopic (exact) mass is 235 g/mol. The van der Waals surface area contributed by atoms with Gasteiger partial charge in [-0.25, -0.2) is 4.39 Å². The Labute approximate surface area is 98.9 Å². The van der Waals surface area contributed by atoms with E-state index < -0.39 is 0 Å². The van der Waals surface area contributed by atoms with Gasteiger partial charge in [0.1, 0.15) is 5.82 Å². The van der Waals surface area contributed by atoms with Crippen LogP contribution < -0.4 is 5.32 Å². The van der Waals surface area contributed by atoms with Gasteiger partial charge in [-0.3, -0.25) is 0 Å². The highest BCUT2D eigenvalue weighted by atomic mass is 32.1. The van der Waals surface area contributed by atoms with Crippen LogP contribution in [0.15, 0.2) is 29.6 Å². The number of aryl methyl sites for hydroxylation is 1. The molecule has 0 saturated carbocycles. The van der Waals surface area contributed by atoms with Gasteiger partial charge >= 0.3 is 0 Å². The maximum Gasteiger partial charge on any atom is 0.131 e. The Bertz CT molecular complexity index is 490. The molecule has 0 aliphatic carbocycles. The zero-order chi connectivity index (χ0) is 11.5. The van der Waals surface area contributed by atoms with Gasteiger partial charge in [0.05, 0.1) is 0 Å². The number of benzene rings is 1. The predicted octanol–water partition coefficient (Wildman–Crippen LogP) is 3.58. The minimum Gasteiger partial charge on any atom is -0.316 e. The van der Waals surface area contributed by atoms with E-state index in [2.05, 4.69) is 5.32 Å². The number of hydrogen-bond donors (Lipinski definition) is 1. The molecule has 1 aromatic heterocycles. The minimum atomic E-state index is -0.148. The summed E-state index contributed by atoms with van der Waals surface area (Å²) in [5, 5.41) is 5.07. The fourth-order valence-electron chi connectivity index (χ4n) is 1.71. The number of thiophene rings is 1. The highest BCUT2D eigenvalue weighted by Crippen LogP contribution is 2.31. The molecule has 1 nitrogen and oxygen atoms in total. The fourth-order valence-corrected chi connectivity index (χ4v) is 2.65. The summed E-state index contributed by atoms with van der Waals surface area (Å²) in [4.78, 5) is 1.02. The van der Waals surface area contributed by atoms with Crippen molar-refractivity contribution < 1.29 is 4.39 Å². The number of halogens is 1. The molecule has 1 heterocycles. The second-order valence-corrected chi connectivity index (χ2v) is 4.69. The Balaban J connectivity index is 2.47. The minimum absolute atomic E-state index is 0.148. The second kappa shape index (κ2) is 4.76. The molecule has 0 unspecified atom stereocenters. The van der Waals surface area contributed by atoms with Gasteiger partial charge in [-0.15, -0.1) is 11.3 Å². The SMILES string of the molecule is CNCc1ccc(F)c(-c2sccc2C)c1. The quantitative estimate of drug-likeness (QED) is 0.857. The van der Waals surface area contributed by atoms with E-state index in [1.807, 2.05) is 37.6 Å². The molecule has 0 atom stereocenters. The van der Waals surface area contributed by atoms with Crippen LogP contribution in [0.3, 0.4) is 0 Å². The molecule has 0 fully saturated rings. The molecule has 84 valence electrons. The Morgan fingerprint density at radius 3 is 2.75 bits per heavy atom. The van der Waals surface area contributed by atoms with Gasteiger partial charge < -0.3 is 5.32 Å². The van der Waals surface area contributed by atoms with E-state index in [4.69, 9.17) is 0 Å². The highest BCUT2D eigenvalue weighted by Gasteiger charge is 2.09. The van der Waals surface area contributed by atoms with Crippen LogP contribution in [-0.2, 0) is 6.54 Å². The average Bonchev–Trinajstić information content (AvgIpc) is 2.68. The van der Waals surface area contributed by atoms with Gasteiger partial charge in [0.15, 0.2) is 0 Å². The van der Waals surface area contributed by atoms with Crippen molar-refractivity contribution >= 4 is 11.3 Å². The molecule has 0 radical (unpaired) electrons. The lowest BCUT2D eigenvalue weighted by atomic mass is 10.1. The highest BCUT2D eigenvalue weighted by molar-refractivity contribution is 7.13.